The van der Waals surface area contributed by atoms with Gasteiger partial charge in [0, 0.05) is 61.6 Å². The summed E-state index contributed by atoms with van der Waals surface area (Å²) >= 11 is 0. The van der Waals surface area contributed by atoms with E-state index in [-0.39, 0.29) is 16.7 Å². The summed E-state index contributed by atoms with van der Waals surface area (Å²) in [6.07, 6.45) is -9.61. The van der Waals surface area contributed by atoms with Gasteiger partial charge >= 0.3 is 17.9 Å². The number of hydrogen-bond donors (Lipinski definition) is 11. The third-order valence-corrected chi connectivity index (χ3v) is 12.9. The van der Waals surface area contributed by atoms with Gasteiger partial charge in [-0.25, -0.2) is 41.4 Å². The molecule has 0 unspecified atom stereocenters. The second-order valence-electron chi connectivity index (χ2n) is 20.0. The number of ether oxygens (including phenoxy) is 2. The van der Waals surface area contributed by atoms with Crippen LogP contribution in [0.1, 0.15) is 92.1 Å². The number of aliphatic hydroxyl groups is 3. The molecule has 0 saturated heterocycles. The molecule has 488 valence electrons. The van der Waals surface area contributed by atoms with Crippen molar-refractivity contribution in [2.24, 2.45) is 5.92 Å². The number of carboxylic acid groups (broad SMARTS) is 1. The summed E-state index contributed by atoms with van der Waals surface area (Å²) in [5.41, 5.74) is 16.4. The number of methoxy groups -OCH3 is 2. The van der Waals surface area contributed by atoms with Crippen molar-refractivity contribution in [3.05, 3.63) is 196 Å². The van der Waals surface area contributed by atoms with Crippen LogP contribution in [-0.2, 0) is 23.9 Å². The summed E-state index contributed by atoms with van der Waals surface area (Å²) in [6, 6.07) is 35.0. The van der Waals surface area contributed by atoms with Crippen molar-refractivity contribution in [3.8, 4) is 71.0 Å². The van der Waals surface area contributed by atoms with Crippen LogP contribution < -0.4 is 33.3 Å². The molecule has 6 aromatic carbocycles. The predicted molar refractivity (Wildman–Crippen MR) is 336 cm³/mol. The first kappa shape index (κ1) is 76.6. The van der Waals surface area contributed by atoms with E-state index in [0.29, 0.717) is 35.1 Å². The van der Waals surface area contributed by atoms with E-state index in [2.05, 4.69) is 85.8 Å². The number of carbonyl (C=O) groups excluding carboxylic acids is 5. The summed E-state index contributed by atoms with van der Waals surface area (Å²) in [4.78, 5) is 69.5. The maximum absolute atomic E-state index is 13.1. The van der Waals surface area contributed by atoms with Crippen LogP contribution in [0.25, 0.3) is 0 Å². The van der Waals surface area contributed by atoms with Gasteiger partial charge in [0.1, 0.15) is 11.6 Å². The zero-order valence-corrected chi connectivity index (χ0v) is 50.8. The molecular formula is C69H62F6N6O13. The molecular weight excluding hydrogens is 1230 g/mol. The van der Waals surface area contributed by atoms with Crippen molar-refractivity contribution in [2.75, 3.05) is 31.4 Å². The maximum Gasteiger partial charge on any atom is 0.335 e. The SMILES string of the molecule is COC(=O)[C@@H](C)[C@](C)(O)C(F)F.COC(=O)[C@@H](NC(=O)c1ccc(C#CC#Cc2ccc(N)cc2)cc1)[C@](C)(O)C(F)F.C[C@@](O)(C(F)F)[C@H](NC(=O)c1ccc(C#CC#Cc2ccc(N)cc2)cc1)C(=O)NO.Nc1ccc(C#CC#Cc2ccc(C(=O)O)cc2)cc1. The molecule has 19 nitrogen and oxygen atoms in total. The molecule has 6 aromatic rings. The molecule has 14 N–H and O–H groups in total. The minimum atomic E-state index is -3.36. The van der Waals surface area contributed by atoms with Crippen LogP contribution in [0.15, 0.2) is 146 Å². The predicted octanol–water partition coefficient (Wildman–Crippen LogP) is 6.43. The van der Waals surface area contributed by atoms with Gasteiger partial charge in [-0.2, -0.15) is 0 Å². The highest BCUT2D eigenvalue weighted by atomic mass is 19.3. The van der Waals surface area contributed by atoms with Crippen molar-refractivity contribution >= 4 is 52.7 Å². The van der Waals surface area contributed by atoms with Gasteiger partial charge in [0.2, 0.25) is 0 Å². The minimum Gasteiger partial charge on any atom is -0.478 e. The van der Waals surface area contributed by atoms with Crippen LogP contribution in [0.3, 0.4) is 0 Å². The average Bonchev–Trinajstić information content (AvgIpc) is 0.888. The molecule has 0 fully saturated rings. The molecule has 0 aromatic heterocycles. The van der Waals surface area contributed by atoms with Gasteiger partial charge in [0.25, 0.3) is 37.0 Å². The van der Waals surface area contributed by atoms with E-state index in [9.17, 15) is 65.3 Å². The number of rotatable bonds is 14. The van der Waals surface area contributed by atoms with Gasteiger partial charge in [0.15, 0.2) is 17.2 Å². The topological polar surface area (TPSA) is 336 Å². The zero-order valence-electron chi connectivity index (χ0n) is 50.8. The van der Waals surface area contributed by atoms with E-state index in [1.54, 1.807) is 72.8 Å². The Morgan fingerprint density at radius 3 is 0.904 bits per heavy atom. The van der Waals surface area contributed by atoms with Crippen LogP contribution in [-0.4, -0.2) is 124 Å². The van der Waals surface area contributed by atoms with Crippen molar-refractivity contribution in [2.45, 2.75) is 75.9 Å². The molecule has 0 aliphatic heterocycles. The largest absolute Gasteiger partial charge is 0.478 e. The van der Waals surface area contributed by atoms with Gasteiger partial charge in [0.05, 0.1) is 25.7 Å². The lowest BCUT2D eigenvalue weighted by Gasteiger charge is -2.30. The van der Waals surface area contributed by atoms with Gasteiger partial charge in [-0.15, -0.1) is 0 Å². The lowest BCUT2D eigenvalue weighted by molar-refractivity contribution is -0.167. The Morgan fingerprint density at radius 2 is 0.660 bits per heavy atom. The third kappa shape index (κ3) is 24.6. The van der Waals surface area contributed by atoms with Crippen LogP contribution >= 0.6 is 0 Å². The number of esters is 2. The number of nitrogens with two attached hydrogens (primary N) is 3. The number of nitrogens with one attached hydrogen (secondary N) is 3. The zero-order chi connectivity index (χ0) is 70.3. The minimum absolute atomic E-state index is 0.0271. The Hall–Kier alpha value is -11.7. The van der Waals surface area contributed by atoms with Crippen LogP contribution in [0, 0.1) is 77.0 Å². The molecule has 0 aliphatic carbocycles. The Morgan fingerprint density at radius 1 is 0.415 bits per heavy atom. The second kappa shape index (κ2) is 36.8. The van der Waals surface area contributed by atoms with Crippen molar-refractivity contribution < 1.29 is 90.2 Å². The van der Waals surface area contributed by atoms with E-state index >= 15 is 0 Å². The van der Waals surface area contributed by atoms with E-state index < -0.39 is 89.7 Å². The molecule has 0 heterocycles. The normalized spacial score (nSPS) is 12.8. The number of aromatic carboxylic acids is 1. The highest BCUT2D eigenvalue weighted by molar-refractivity contribution is 5.98. The number of nitrogen functional groups attached to an aromatic ring is 3. The van der Waals surface area contributed by atoms with Gasteiger partial charge in [-0.3, -0.25) is 24.4 Å². The number of anilines is 3. The molecule has 25 heteroatoms. The first-order valence-corrected chi connectivity index (χ1v) is 27.2. The summed E-state index contributed by atoms with van der Waals surface area (Å²) < 4.78 is 85.1. The molecule has 0 radical (unpaired) electrons. The summed E-state index contributed by atoms with van der Waals surface area (Å²) in [5, 5.41) is 50.4. The first-order valence-electron chi connectivity index (χ1n) is 27.2. The van der Waals surface area contributed by atoms with E-state index in [4.69, 9.17) is 32.6 Å². The molecule has 3 amide bonds. The fourth-order valence-corrected chi connectivity index (χ4v) is 6.81. The van der Waals surface area contributed by atoms with Gasteiger partial charge < -0.3 is 57.7 Å². The number of benzene rings is 6. The number of carboxylic acids is 1. The van der Waals surface area contributed by atoms with E-state index in [1.807, 2.05) is 17.4 Å². The Balaban J connectivity index is 0.000000344. The maximum atomic E-state index is 13.1. The molecule has 6 rings (SSSR count). The third-order valence-electron chi connectivity index (χ3n) is 12.9. The highest BCUT2D eigenvalue weighted by Gasteiger charge is 2.48. The van der Waals surface area contributed by atoms with Crippen molar-refractivity contribution in [3.63, 3.8) is 0 Å². The van der Waals surface area contributed by atoms with Crippen LogP contribution in [0.5, 0.6) is 0 Å². The van der Waals surface area contributed by atoms with E-state index in [1.165, 1.54) is 67.6 Å². The summed E-state index contributed by atoms with van der Waals surface area (Å²) in [6.45, 7) is 3.50. The smallest absolute Gasteiger partial charge is 0.335 e. The molecule has 0 aliphatic rings. The lowest BCUT2D eigenvalue weighted by Crippen LogP contribution is -2.61. The Kier molecular flexibility index (Phi) is 30.0. The number of halogens is 6. The molecule has 6 atom stereocenters. The Bertz CT molecular complexity index is 3810. The Labute approximate surface area is 537 Å². The molecule has 0 spiro atoms. The number of alkyl halides is 6. The van der Waals surface area contributed by atoms with Crippen LogP contribution in [0.4, 0.5) is 43.4 Å². The monoisotopic (exact) mass is 1300 g/mol. The summed E-state index contributed by atoms with van der Waals surface area (Å²) in [7, 11) is 2.05. The number of amides is 3. The standard InChI is InChI=1S/C23H20F2N2O4.C22H19F2N3O4.C17H11NO2.C7H12F2O3/c1-23(30,22(24)25)19(21(29)31-2)27-20(28)17-11-7-15(8-12-17)5-3-4-6-16-9-13-18(26)14-10-16;1-22(30,21(23)24)18(20(29)27-31)26-19(28)16-10-6-14(7-11-16)4-2-3-5-15-8-12-17(25)13-9-15;18-16-11-7-14(8-12-16)4-2-1-3-13-5-9-15(10-6-13)17(19)20;1-4(5(10)12-3)7(2,11)6(8)9/h7-14,19,22,30H,26H2,1-2H3,(H,27,28);6-13,18,21,30-31H,25H2,1H3,(H,26,28)(H,27,29);5-12H,18H2,(H,19,20);4,6,11H,1-3H3/t19-,23+;18-,22+;;4-,7+/m11.1/s1. The number of carbonyl (C=O) groups is 6. The fourth-order valence-electron chi connectivity index (χ4n) is 6.81. The first-order chi connectivity index (χ1) is 44.3. The number of hydrogen-bond acceptors (Lipinski definition) is 15. The van der Waals surface area contributed by atoms with Gasteiger partial charge in [-0.1, -0.05) is 35.5 Å². The fraction of sp³-hybridized carbons (Fsp3) is 0.217. The highest BCUT2D eigenvalue weighted by Crippen LogP contribution is 2.26. The summed E-state index contributed by atoms with van der Waals surface area (Å²) in [5.74, 6) is 25.9. The van der Waals surface area contributed by atoms with E-state index in [0.717, 1.165) is 55.8 Å². The average molecular weight is 1300 g/mol. The second-order valence-corrected chi connectivity index (χ2v) is 20.0. The van der Waals surface area contributed by atoms with Crippen molar-refractivity contribution in [1.82, 2.24) is 16.1 Å². The number of hydroxylamine groups is 1. The molecule has 0 saturated carbocycles. The van der Waals surface area contributed by atoms with Crippen molar-refractivity contribution in [1.29, 1.82) is 0 Å². The quantitative estimate of drug-likeness (QED) is 0.0140. The molecule has 94 heavy (non-hydrogen) atoms. The lowest BCUT2D eigenvalue weighted by atomic mass is 9.91. The van der Waals surface area contributed by atoms with Crippen LogP contribution in [0.2, 0.25) is 0 Å². The van der Waals surface area contributed by atoms with Gasteiger partial charge in [-0.05, 0) is 209 Å². The molecule has 0 bridgehead atoms.